The Balaban J connectivity index is 2.53. The zero-order valence-electron chi connectivity index (χ0n) is 12.5. The van der Waals surface area contributed by atoms with E-state index in [1.165, 1.54) is 12.1 Å². The number of amides is 2. The number of carbonyl (C=O) groups excluding carboxylic acids is 2. The molecule has 1 atom stereocenters. The molecule has 0 aromatic heterocycles. The van der Waals surface area contributed by atoms with Crippen LogP contribution in [0.1, 0.15) is 31.4 Å². The van der Waals surface area contributed by atoms with Crippen LogP contribution in [0.5, 0.6) is 0 Å². The largest absolute Gasteiger partial charge is 0.416 e. The van der Waals surface area contributed by atoms with Gasteiger partial charge in [-0.1, -0.05) is 19.1 Å². The van der Waals surface area contributed by atoms with Crippen LogP contribution in [-0.2, 0) is 22.2 Å². The first-order valence-electron chi connectivity index (χ1n) is 6.97. The molecule has 0 heterocycles. The summed E-state index contributed by atoms with van der Waals surface area (Å²) in [5, 5.41) is 5.16. The second-order valence-electron chi connectivity index (χ2n) is 4.95. The van der Waals surface area contributed by atoms with Gasteiger partial charge >= 0.3 is 6.18 Å². The van der Waals surface area contributed by atoms with Crippen molar-refractivity contribution in [2.24, 2.45) is 0 Å². The van der Waals surface area contributed by atoms with Gasteiger partial charge in [0.1, 0.15) is 6.04 Å². The molecule has 2 amide bonds. The van der Waals surface area contributed by atoms with Crippen molar-refractivity contribution in [1.29, 1.82) is 0 Å². The minimum Gasteiger partial charge on any atom is -0.354 e. The van der Waals surface area contributed by atoms with Crippen molar-refractivity contribution in [3.8, 4) is 0 Å². The Hall–Kier alpha value is -2.05. The van der Waals surface area contributed by atoms with E-state index in [0.717, 1.165) is 18.6 Å². The fraction of sp³-hybridized carbons (Fsp3) is 0.467. The van der Waals surface area contributed by atoms with Crippen LogP contribution >= 0.6 is 0 Å². The van der Waals surface area contributed by atoms with Crippen LogP contribution in [0.2, 0.25) is 0 Å². The van der Waals surface area contributed by atoms with Crippen LogP contribution in [0.4, 0.5) is 13.2 Å². The fourth-order valence-corrected chi connectivity index (χ4v) is 1.76. The summed E-state index contributed by atoms with van der Waals surface area (Å²) < 4.78 is 37.3. The van der Waals surface area contributed by atoms with Gasteiger partial charge in [0.25, 0.3) is 0 Å². The molecule has 0 spiro atoms. The standard InChI is InChI=1S/C15H19F3N2O2/c1-3-8-19-14(22)10(2)20-13(21)9-11-4-6-12(7-5-11)15(16,17)18/h4-7,10H,3,8-9H2,1-2H3,(H,19,22)(H,20,21). The van der Waals surface area contributed by atoms with Crippen LogP contribution in [0.25, 0.3) is 0 Å². The molecule has 2 N–H and O–H groups in total. The van der Waals surface area contributed by atoms with E-state index in [1.54, 1.807) is 6.92 Å². The third-order valence-corrected chi connectivity index (χ3v) is 2.97. The molecule has 0 saturated carbocycles. The number of alkyl halides is 3. The van der Waals surface area contributed by atoms with E-state index in [2.05, 4.69) is 10.6 Å². The molecule has 0 fully saturated rings. The second-order valence-corrected chi connectivity index (χ2v) is 4.95. The summed E-state index contributed by atoms with van der Waals surface area (Å²) in [6.45, 7) is 3.99. The molecule has 122 valence electrons. The first-order chi connectivity index (χ1) is 10.2. The van der Waals surface area contributed by atoms with Crippen LogP contribution in [0.3, 0.4) is 0 Å². The first-order valence-corrected chi connectivity index (χ1v) is 6.97. The molecule has 1 rings (SSSR count). The number of rotatable bonds is 6. The fourth-order valence-electron chi connectivity index (χ4n) is 1.76. The Morgan fingerprint density at radius 1 is 1.18 bits per heavy atom. The summed E-state index contributed by atoms with van der Waals surface area (Å²) in [5.41, 5.74) is -0.310. The van der Waals surface area contributed by atoms with Crippen LogP contribution in [0, 0.1) is 0 Å². The highest BCUT2D eigenvalue weighted by Gasteiger charge is 2.30. The molecule has 22 heavy (non-hydrogen) atoms. The van der Waals surface area contributed by atoms with E-state index >= 15 is 0 Å². The molecular weight excluding hydrogens is 297 g/mol. The molecule has 1 aromatic carbocycles. The summed E-state index contributed by atoms with van der Waals surface area (Å²) in [6.07, 6.45) is -3.69. The molecule has 0 bridgehead atoms. The number of hydrogen-bond donors (Lipinski definition) is 2. The molecule has 0 aliphatic rings. The number of benzene rings is 1. The van der Waals surface area contributed by atoms with Crippen LogP contribution in [0.15, 0.2) is 24.3 Å². The summed E-state index contributed by atoms with van der Waals surface area (Å²) in [6, 6.07) is 3.68. The lowest BCUT2D eigenvalue weighted by Gasteiger charge is -2.14. The Morgan fingerprint density at radius 3 is 2.27 bits per heavy atom. The zero-order valence-corrected chi connectivity index (χ0v) is 12.5. The third-order valence-electron chi connectivity index (χ3n) is 2.97. The van der Waals surface area contributed by atoms with Gasteiger partial charge in [0, 0.05) is 6.54 Å². The average molecular weight is 316 g/mol. The average Bonchev–Trinajstić information content (AvgIpc) is 2.44. The predicted molar refractivity (Wildman–Crippen MR) is 76.1 cm³/mol. The molecule has 4 nitrogen and oxygen atoms in total. The normalized spacial score (nSPS) is 12.6. The predicted octanol–water partition coefficient (Wildman–Crippen LogP) is 2.28. The van der Waals surface area contributed by atoms with Crippen LogP contribution < -0.4 is 10.6 Å². The van der Waals surface area contributed by atoms with E-state index in [4.69, 9.17) is 0 Å². The van der Waals surface area contributed by atoms with Gasteiger partial charge in [-0.2, -0.15) is 13.2 Å². The van der Waals surface area contributed by atoms with E-state index in [0.29, 0.717) is 12.1 Å². The molecule has 0 aliphatic heterocycles. The van der Waals surface area contributed by atoms with Crippen molar-refractivity contribution < 1.29 is 22.8 Å². The highest BCUT2D eigenvalue weighted by Crippen LogP contribution is 2.29. The van der Waals surface area contributed by atoms with Crippen LogP contribution in [-0.4, -0.2) is 24.4 Å². The lowest BCUT2D eigenvalue weighted by atomic mass is 10.1. The first kappa shape index (κ1) is 18.0. The molecule has 1 aromatic rings. The zero-order chi connectivity index (χ0) is 16.8. The molecule has 7 heteroatoms. The van der Waals surface area contributed by atoms with Crippen molar-refractivity contribution in [2.75, 3.05) is 6.54 Å². The van der Waals surface area contributed by atoms with Crippen molar-refractivity contribution in [3.63, 3.8) is 0 Å². The topological polar surface area (TPSA) is 58.2 Å². The second kappa shape index (κ2) is 7.82. The van der Waals surface area contributed by atoms with Gasteiger partial charge < -0.3 is 10.6 Å². The molecule has 1 unspecified atom stereocenters. The lowest BCUT2D eigenvalue weighted by molar-refractivity contribution is -0.137. The number of nitrogens with one attached hydrogen (secondary N) is 2. The summed E-state index contributed by atoms with van der Waals surface area (Å²) in [7, 11) is 0. The van der Waals surface area contributed by atoms with E-state index in [1.807, 2.05) is 6.92 Å². The monoisotopic (exact) mass is 316 g/mol. The van der Waals surface area contributed by atoms with Gasteiger partial charge in [0.2, 0.25) is 11.8 Å². The molecular formula is C15H19F3N2O2. The van der Waals surface area contributed by atoms with Gasteiger partial charge in [-0.25, -0.2) is 0 Å². The van der Waals surface area contributed by atoms with Gasteiger partial charge in [0.15, 0.2) is 0 Å². The minimum atomic E-state index is -4.40. The number of halogens is 3. The number of hydrogen-bond acceptors (Lipinski definition) is 2. The Labute approximate surface area is 127 Å². The maximum absolute atomic E-state index is 12.4. The Bertz CT molecular complexity index is 513. The summed E-state index contributed by atoms with van der Waals surface area (Å²) >= 11 is 0. The van der Waals surface area contributed by atoms with Crippen molar-refractivity contribution in [3.05, 3.63) is 35.4 Å². The SMILES string of the molecule is CCCNC(=O)C(C)NC(=O)Cc1ccc(C(F)(F)F)cc1. The van der Waals surface area contributed by atoms with E-state index in [9.17, 15) is 22.8 Å². The quantitative estimate of drug-likeness (QED) is 0.846. The van der Waals surface area contributed by atoms with Gasteiger partial charge in [0.05, 0.1) is 12.0 Å². The highest BCUT2D eigenvalue weighted by molar-refractivity contribution is 5.88. The lowest BCUT2D eigenvalue weighted by Crippen LogP contribution is -2.45. The van der Waals surface area contributed by atoms with Gasteiger partial charge in [-0.05, 0) is 31.0 Å². The molecule has 0 saturated heterocycles. The molecule has 0 aliphatic carbocycles. The van der Waals surface area contributed by atoms with E-state index < -0.39 is 23.7 Å². The molecule has 0 radical (unpaired) electrons. The van der Waals surface area contributed by atoms with Crippen molar-refractivity contribution in [2.45, 2.75) is 38.9 Å². The van der Waals surface area contributed by atoms with Gasteiger partial charge in [-0.15, -0.1) is 0 Å². The summed E-state index contributed by atoms with van der Waals surface area (Å²) in [4.78, 5) is 23.4. The Kier molecular flexibility index (Phi) is 6.39. The third kappa shape index (κ3) is 5.75. The smallest absolute Gasteiger partial charge is 0.354 e. The number of carbonyl (C=O) groups is 2. The Morgan fingerprint density at radius 2 is 1.77 bits per heavy atom. The van der Waals surface area contributed by atoms with Crippen molar-refractivity contribution >= 4 is 11.8 Å². The van der Waals surface area contributed by atoms with Crippen molar-refractivity contribution in [1.82, 2.24) is 10.6 Å². The highest BCUT2D eigenvalue weighted by atomic mass is 19.4. The maximum atomic E-state index is 12.4. The summed E-state index contributed by atoms with van der Waals surface area (Å²) in [5.74, 6) is -0.707. The minimum absolute atomic E-state index is 0.0798. The maximum Gasteiger partial charge on any atom is 0.416 e. The van der Waals surface area contributed by atoms with E-state index in [-0.39, 0.29) is 12.3 Å². The van der Waals surface area contributed by atoms with Gasteiger partial charge in [-0.3, -0.25) is 9.59 Å².